The van der Waals surface area contributed by atoms with E-state index in [0.29, 0.717) is 6.04 Å². The van der Waals surface area contributed by atoms with Gasteiger partial charge in [0, 0.05) is 6.04 Å². The van der Waals surface area contributed by atoms with Crippen molar-refractivity contribution in [2.45, 2.75) is 51.7 Å². The van der Waals surface area contributed by atoms with E-state index in [9.17, 15) is 4.79 Å². The Hall–Kier alpha value is -0.570. The van der Waals surface area contributed by atoms with Crippen molar-refractivity contribution in [3.05, 3.63) is 0 Å². The molecule has 2 fully saturated rings. The summed E-state index contributed by atoms with van der Waals surface area (Å²) >= 11 is 0. The molecule has 0 aromatic carbocycles. The SMILES string of the molecule is CC(C)N1CCC(C(=O)OC2CC2)CC1. The summed E-state index contributed by atoms with van der Waals surface area (Å²) in [4.78, 5) is 14.1. The monoisotopic (exact) mass is 211 g/mol. The summed E-state index contributed by atoms with van der Waals surface area (Å²) < 4.78 is 5.34. The van der Waals surface area contributed by atoms with Crippen LogP contribution in [0.2, 0.25) is 0 Å². The zero-order chi connectivity index (χ0) is 10.8. The normalized spacial score (nSPS) is 24.5. The van der Waals surface area contributed by atoms with Crippen LogP contribution in [0.25, 0.3) is 0 Å². The Labute approximate surface area is 91.8 Å². The number of piperidine rings is 1. The number of esters is 1. The van der Waals surface area contributed by atoms with Crippen molar-refractivity contribution in [1.82, 2.24) is 4.90 Å². The maximum absolute atomic E-state index is 11.7. The third kappa shape index (κ3) is 2.94. The van der Waals surface area contributed by atoms with Crippen LogP contribution in [0.3, 0.4) is 0 Å². The number of rotatable bonds is 3. The number of carbonyl (C=O) groups excluding carboxylic acids is 1. The van der Waals surface area contributed by atoms with Crippen LogP contribution in [-0.4, -0.2) is 36.1 Å². The first-order valence-corrected chi connectivity index (χ1v) is 6.11. The summed E-state index contributed by atoms with van der Waals surface area (Å²) in [5.74, 6) is 0.224. The van der Waals surface area contributed by atoms with Gasteiger partial charge in [-0.25, -0.2) is 0 Å². The molecule has 3 heteroatoms. The van der Waals surface area contributed by atoms with Gasteiger partial charge in [-0.15, -0.1) is 0 Å². The Balaban J connectivity index is 1.74. The van der Waals surface area contributed by atoms with Crippen molar-refractivity contribution in [2.24, 2.45) is 5.92 Å². The lowest BCUT2D eigenvalue weighted by Gasteiger charge is -2.33. The quantitative estimate of drug-likeness (QED) is 0.667. The molecular weight excluding hydrogens is 190 g/mol. The van der Waals surface area contributed by atoms with E-state index >= 15 is 0 Å². The molecule has 1 heterocycles. The second-order valence-corrected chi connectivity index (χ2v) is 5.04. The van der Waals surface area contributed by atoms with Crippen LogP contribution in [0.5, 0.6) is 0 Å². The molecule has 3 nitrogen and oxygen atoms in total. The molecule has 2 aliphatic rings. The van der Waals surface area contributed by atoms with Gasteiger partial charge in [-0.1, -0.05) is 0 Å². The minimum atomic E-state index is 0.0564. The van der Waals surface area contributed by atoms with E-state index in [0.717, 1.165) is 38.8 Å². The second kappa shape index (κ2) is 4.52. The molecule has 0 unspecified atom stereocenters. The summed E-state index contributed by atoms with van der Waals surface area (Å²) in [5.41, 5.74) is 0. The molecule has 86 valence electrons. The van der Waals surface area contributed by atoms with Crippen molar-refractivity contribution >= 4 is 5.97 Å². The van der Waals surface area contributed by atoms with Gasteiger partial charge in [0.25, 0.3) is 0 Å². The van der Waals surface area contributed by atoms with E-state index in [1.54, 1.807) is 0 Å². The predicted octanol–water partition coefficient (Wildman–Crippen LogP) is 1.81. The van der Waals surface area contributed by atoms with Gasteiger partial charge in [-0.3, -0.25) is 4.79 Å². The average Bonchev–Trinajstić information content (AvgIpc) is 3.02. The molecule has 1 saturated carbocycles. The molecule has 0 spiro atoms. The smallest absolute Gasteiger partial charge is 0.309 e. The number of carbonyl (C=O) groups is 1. The standard InChI is InChI=1S/C12H21NO2/c1-9(2)13-7-5-10(6-8-13)12(14)15-11-3-4-11/h9-11H,3-8H2,1-2H3. The summed E-state index contributed by atoms with van der Waals surface area (Å²) in [7, 11) is 0. The van der Waals surface area contributed by atoms with E-state index in [1.807, 2.05) is 0 Å². The lowest BCUT2D eigenvalue weighted by molar-refractivity contribution is -0.151. The van der Waals surface area contributed by atoms with Gasteiger partial charge in [0.1, 0.15) is 6.10 Å². The number of nitrogens with zero attached hydrogens (tertiary/aromatic N) is 1. The fourth-order valence-corrected chi connectivity index (χ4v) is 2.10. The Morgan fingerprint density at radius 3 is 2.27 bits per heavy atom. The summed E-state index contributed by atoms with van der Waals surface area (Å²) in [6, 6.07) is 0.602. The molecule has 2 rings (SSSR count). The Morgan fingerprint density at radius 2 is 1.80 bits per heavy atom. The lowest BCUT2D eigenvalue weighted by Crippen LogP contribution is -2.40. The molecule has 0 bridgehead atoms. The molecule has 0 aromatic rings. The number of likely N-dealkylation sites (tertiary alicyclic amines) is 1. The van der Waals surface area contributed by atoms with Crippen molar-refractivity contribution in [1.29, 1.82) is 0 Å². The predicted molar refractivity (Wildman–Crippen MR) is 58.5 cm³/mol. The molecule has 15 heavy (non-hydrogen) atoms. The van der Waals surface area contributed by atoms with Gasteiger partial charge in [0.2, 0.25) is 0 Å². The molecular formula is C12H21NO2. The highest BCUT2D eigenvalue weighted by atomic mass is 16.5. The van der Waals surface area contributed by atoms with Crippen molar-refractivity contribution in [3.8, 4) is 0 Å². The minimum Gasteiger partial charge on any atom is -0.462 e. The topological polar surface area (TPSA) is 29.5 Å². The molecule has 0 amide bonds. The van der Waals surface area contributed by atoms with Gasteiger partial charge in [-0.05, 0) is 52.6 Å². The van der Waals surface area contributed by atoms with Gasteiger partial charge in [0.15, 0.2) is 0 Å². The van der Waals surface area contributed by atoms with E-state index in [-0.39, 0.29) is 18.0 Å². The molecule has 0 radical (unpaired) electrons. The van der Waals surface area contributed by atoms with Crippen LogP contribution >= 0.6 is 0 Å². The van der Waals surface area contributed by atoms with Crippen molar-refractivity contribution in [3.63, 3.8) is 0 Å². The third-order valence-corrected chi connectivity index (χ3v) is 3.40. The van der Waals surface area contributed by atoms with Crippen LogP contribution in [0, 0.1) is 5.92 Å². The first kappa shape index (κ1) is 10.9. The highest BCUT2D eigenvalue weighted by Gasteiger charge is 2.32. The maximum atomic E-state index is 11.7. The molecule has 0 aromatic heterocycles. The molecule has 1 saturated heterocycles. The molecule has 1 aliphatic carbocycles. The largest absolute Gasteiger partial charge is 0.462 e. The number of ether oxygens (including phenoxy) is 1. The average molecular weight is 211 g/mol. The van der Waals surface area contributed by atoms with Gasteiger partial charge in [-0.2, -0.15) is 0 Å². The Kier molecular flexibility index (Phi) is 3.29. The molecule has 1 aliphatic heterocycles. The highest BCUT2D eigenvalue weighted by molar-refractivity contribution is 5.73. The van der Waals surface area contributed by atoms with E-state index in [2.05, 4.69) is 18.7 Å². The molecule has 0 atom stereocenters. The van der Waals surface area contributed by atoms with Gasteiger partial charge >= 0.3 is 5.97 Å². The van der Waals surface area contributed by atoms with Crippen LogP contribution in [0.15, 0.2) is 0 Å². The van der Waals surface area contributed by atoms with Gasteiger partial charge < -0.3 is 9.64 Å². The highest BCUT2D eigenvalue weighted by Crippen LogP contribution is 2.27. The zero-order valence-corrected chi connectivity index (χ0v) is 9.74. The van der Waals surface area contributed by atoms with Crippen molar-refractivity contribution < 1.29 is 9.53 Å². The summed E-state index contributed by atoms with van der Waals surface area (Å²) in [6.45, 7) is 6.51. The second-order valence-electron chi connectivity index (χ2n) is 5.04. The summed E-state index contributed by atoms with van der Waals surface area (Å²) in [6.07, 6.45) is 4.38. The Bertz CT molecular complexity index is 228. The minimum absolute atomic E-state index is 0.0564. The first-order chi connectivity index (χ1) is 7.16. The van der Waals surface area contributed by atoms with E-state index < -0.39 is 0 Å². The van der Waals surface area contributed by atoms with Crippen LogP contribution in [-0.2, 0) is 9.53 Å². The van der Waals surface area contributed by atoms with E-state index in [4.69, 9.17) is 4.74 Å². The third-order valence-electron chi connectivity index (χ3n) is 3.40. The lowest BCUT2D eigenvalue weighted by atomic mass is 9.96. The fraction of sp³-hybridized carbons (Fsp3) is 0.917. The number of hydrogen-bond donors (Lipinski definition) is 0. The first-order valence-electron chi connectivity index (χ1n) is 6.11. The van der Waals surface area contributed by atoms with Crippen LogP contribution < -0.4 is 0 Å². The van der Waals surface area contributed by atoms with Crippen LogP contribution in [0.1, 0.15) is 39.5 Å². The Morgan fingerprint density at radius 1 is 1.20 bits per heavy atom. The number of hydrogen-bond acceptors (Lipinski definition) is 3. The maximum Gasteiger partial charge on any atom is 0.309 e. The fourth-order valence-electron chi connectivity index (χ4n) is 2.10. The zero-order valence-electron chi connectivity index (χ0n) is 9.74. The van der Waals surface area contributed by atoms with Crippen molar-refractivity contribution in [2.75, 3.05) is 13.1 Å². The van der Waals surface area contributed by atoms with Gasteiger partial charge in [0.05, 0.1) is 5.92 Å². The molecule has 0 N–H and O–H groups in total. The van der Waals surface area contributed by atoms with E-state index in [1.165, 1.54) is 0 Å². The summed E-state index contributed by atoms with van der Waals surface area (Å²) in [5, 5.41) is 0. The van der Waals surface area contributed by atoms with Crippen LogP contribution in [0.4, 0.5) is 0 Å².